The highest BCUT2D eigenvalue weighted by molar-refractivity contribution is 5.91. The lowest BCUT2D eigenvalue weighted by Crippen LogP contribution is -2.33. The van der Waals surface area contributed by atoms with E-state index in [1.807, 2.05) is 36.0 Å². The van der Waals surface area contributed by atoms with Crippen LogP contribution in [0.3, 0.4) is 0 Å². The number of para-hydroxylation sites is 1. The molecule has 0 bridgehead atoms. The Bertz CT molecular complexity index is 773. The second-order valence-corrected chi connectivity index (χ2v) is 5.01. The Morgan fingerprint density at radius 2 is 2.24 bits per heavy atom. The molecule has 0 spiro atoms. The van der Waals surface area contributed by atoms with Crippen molar-refractivity contribution in [2.75, 3.05) is 19.7 Å². The number of ether oxygens (including phenoxy) is 1. The molecule has 1 aliphatic rings. The summed E-state index contributed by atoms with van der Waals surface area (Å²) in [6, 6.07) is 7.96. The number of nitrogens with one attached hydrogen (secondary N) is 1. The maximum Gasteiger partial charge on any atom is 0.279 e. The van der Waals surface area contributed by atoms with Crippen LogP contribution in [-0.4, -0.2) is 39.6 Å². The van der Waals surface area contributed by atoms with Crippen molar-refractivity contribution in [3.8, 4) is 11.6 Å². The van der Waals surface area contributed by atoms with Gasteiger partial charge in [0.15, 0.2) is 5.69 Å². The minimum absolute atomic E-state index is 0.161. The largest absolute Gasteiger partial charge is 0.367 e. The predicted molar refractivity (Wildman–Crippen MR) is 75.6 cm³/mol. The lowest BCUT2D eigenvalue weighted by Gasteiger charge is -2.20. The highest BCUT2D eigenvalue weighted by Gasteiger charge is 2.23. The van der Waals surface area contributed by atoms with E-state index in [1.54, 1.807) is 0 Å². The third-order valence-electron chi connectivity index (χ3n) is 3.62. The molecule has 2 aromatic heterocycles. The van der Waals surface area contributed by atoms with Crippen LogP contribution in [0.1, 0.15) is 11.9 Å². The second kappa shape index (κ2) is 4.94. The number of aryl methyl sites for hydroxylation is 1. The Morgan fingerprint density at radius 1 is 1.33 bits per heavy atom. The molecule has 0 radical (unpaired) electrons. The highest BCUT2D eigenvalue weighted by atomic mass is 16.5. The van der Waals surface area contributed by atoms with Crippen LogP contribution in [0.15, 0.2) is 28.8 Å². The molecule has 1 aromatic carbocycles. The SMILES string of the molecule is Cn1nc(-c2nc(C3CNCCO3)no2)c2ccccc21. The van der Waals surface area contributed by atoms with Gasteiger partial charge in [0.2, 0.25) is 5.82 Å². The van der Waals surface area contributed by atoms with E-state index in [1.165, 1.54) is 0 Å². The number of nitrogens with zero attached hydrogens (tertiary/aromatic N) is 4. The normalized spacial score (nSPS) is 19.2. The second-order valence-electron chi connectivity index (χ2n) is 5.01. The first-order valence-electron chi connectivity index (χ1n) is 6.91. The molecule has 4 rings (SSSR count). The van der Waals surface area contributed by atoms with Gasteiger partial charge < -0.3 is 14.6 Å². The summed E-state index contributed by atoms with van der Waals surface area (Å²) >= 11 is 0. The fourth-order valence-corrected chi connectivity index (χ4v) is 2.56. The lowest BCUT2D eigenvalue weighted by atomic mass is 10.2. The van der Waals surface area contributed by atoms with Crippen LogP contribution in [0, 0.1) is 0 Å². The van der Waals surface area contributed by atoms with Gasteiger partial charge in [-0.2, -0.15) is 10.1 Å². The number of benzene rings is 1. The van der Waals surface area contributed by atoms with Crippen LogP contribution in [0.4, 0.5) is 0 Å². The van der Waals surface area contributed by atoms with E-state index in [0.29, 0.717) is 30.6 Å². The molecular weight excluding hydrogens is 270 g/mol. The van der Waals surface area contributed by atoms with Crippen molar-refractivity contribution >= 4 is 10.9 Å². The van der Waals surface area contributed by atoms with E-state index in [4.69, 9.17) is 9.26 Å². The number of morpholine rings is 1. The standard InChI is InChI=1S/C14H15N5O2/c1-19-10-5-3-2-4-9(10)12(17-19)14-16-13(18-21-14)11-8-15-6-7-20-11/h2-5,11,15H,6-8H2,1H3. The van der Waals surface area contributed by atoms with Gasteiger partial charge in [-0.25, -0.2) is 0 Å². The molecule has 0 aliphatic carbocycles. The monoisotopic (exact) mass is 285 g/mol. The van der Waals surface area contributed by atoms with Gasteiger partial charge in [0.1, 0.15) is 6.10 Å². The van der Waals surface area contributed by atoms with Gasteiger partial charge in [-0.3, -0.25) is 4.68 Å². The zero-order valence-corrected chi connectivity index (χ0v) is 11.6. The van der Waals surface area contributed by atoms with Gasteiger partial charge in [-0.15, -0.1) is 0 Å². The molecule has 1 saturated heterocycles. The Labute approximate surface area is 120 Å². The number of rotatable bonds is 2. The maximum atomic E-state index is 5.63. The summed E-state index contributed by atoms with van der Waals surface area (Å²) in [6.45, 7) is 2.20. The molecule has 0 amide bonds. The summed E-state index contributed by atoms with van der Waals surface area (Å²) in [7, 11) is 1.90. The molecule has 1 fully saturated rings. The number of hydrogen-bond donors (Lipinski definition) is 1. The van der Waals surface area contributed by atoms with Gasteiger partial charge in [0, 0.05) is 25.5 Å². The molecule has 7 nitrogen and oxygen atoms in total. The average molecular weight is 285 g/mol. The van der Waals surface area contributed by atoms with E-state index < -0.39 is 0 Å². The van der Waals surface area contributed by atoms with E-state index in [9.17, 15) is 0 Å². The van der Waals surface area contributed by atoms with Gasteiger partial charge in [-0.1, -0.05) is 23.4 Å². The molecule has 1 atom stereocenters. The Morgan fingerprint density at radius 3 is 3.10 bits per heavy atom. The number of fused-ring (bicyclic) bond motifs is 1. The number of hydrogen-bond acceptors (Lipinski definition) is 6. The molecule has 1 aliphatic heterocycles. The van der Waals surface area contributed by atoms with Crippen LogP contribution < -0.4 is 5.32 Å². The molecule has 3 heterocycles. The van der Waals surface area contributed by atoms with Crippen LogP contribution in [0.25, 0.3) is 22.5 Å². The fraction of sp³-hybridized carbons (Fsp3) is 0.357. The third-order valence-corrected chi connectivity index (χ3v) is 3.62. The Kier molecular flexibility index (Phi) is 2.94. The molecule has 3 aromatic rings. The minimum atomic E-state index is -0.161. The van der Waals surface area contributed by atoms with Crippen LogP contribution in [0.2, 0.25) is 0 Å². The van der Waals surface area contributed by atoms with Crippen LogP contribution in [0.5, 0.6) is 0 Å². The molecule has 108 valence electrons. The zero-order valence-electron chi connectivity index (χ0n) is 11.6. The van der Waals surface area contributed by atoms with Crippen molar-refractivity contribution in [2.45, 2.75) is 6.10 Å². The molecule has 7 heteroatoms. The lowest BCUT2D eigenvalue weighted by molar-refractivity contribution is 0.0208. The molecular formula is C14H15N5O2. The molecule has 1 N–H and O–H groups in total. The van der Waals surface area contributed by atoms with Gasteiger partial charge in [-0.05, 0) is 6.07 Å². The van der Waals surface area contributed by atoms with E-state index in [2.05, 4.69) is 20.6 Å². The topological polar surface area (TPSA) is 78.0 Å². The van der Waals surface area contributed by atoms with Gasteiger partial charge >= 0.3 is 0 Å². The van der Waals surface area contributed by atoms with Crippen LogP contribution >= 0.6 is 0 Å². The third kappa shape index (κ3) is 2.10. The van der Waals surface area contributed by atoms with Crippen molar-refractivity contribution in [1.29, 1.82) is 0 Å². The summed E-state index contributed by atoms with van der Waals surface area (Å²) in [4.78, 5) is 4.45. The van der Waals surface area contributed by atoms with E-state index >= 15 is 0 Å². The van der Waals surface area contributed by atoms with Crippen molar-refractivity contribution in [1.82, 2.24) is 25.2 Å². The number of aromatic nitrogens is 4. The summed E-state index contributed by atoms with van der Waals surface area (Å²) in [5.74, 6) is 0.989. The van der Waals surface area contributed by atoms with Gasteiger partial charge in [0.05, 0.1) is 12.1 Å². The minimum Gasteiger partial charge on any atom is -0.367 e. The first-order valence-corrected chi connectivity index (χ1v) is 6.91. The molecule has 1 unspecified atom stereocenters. The first kappa shape index (κ1) is 12.5. The van der Waals surface area contributed by atoms with E-state index in [-0.39, 0.29) is 6.10 Å². The summed E-state index contributed by atoms with van der Waals surface area (Å²) in [5.41, 5.74) is 1.73. The Balaban J connectivity index is 1.74. The summed E-state index contributed by atoms with van der Waals surface area (Å²) < 4.78 is 12.8. The predicted octanol–water partition coefficient (Wildman–Crippen LogP) is 1.28. The van der Waals surface area contributed by atoms with Gasteiger partial charge in [0.25, 0.3) is 5.89 Å². The Hall–Kier alpha value is -2.25. The summed E-state index contributed by atoms with van der Waals surface area (Å²) in [6.07, 6.45) is -0.161. The van der Waals surface area contributed by atoms with Crippen molar-refractivity contribution in [3.63, 3.8) is 0 Å². The molecule has 21 heavy (non-hydrogen) atoms. The van der Waals surface area contributed by atoms with Crippen molar-refractivity contribution in [3.05, 3.63) is 30.1 Å². The smallest absolute Gasteiger partial charge is 0.279 e. The quantitative estimate of drug-likeness (QED) is 0.764. The molecule has 0 saturated carbocycles. The first-order chi connectivity index (χ1) is 10.3. The average Bonchev–Trinajstić information content (AvgIpc) is 3.14. The van der Waals surface area contributed by atoms with Crippen molar-refractivity contribution < 1.29 is 9.26 Å². The highest BCUT2D eigenvalue weighted by Crippen LogP contribution is 2.27. The maximum absolute atomic E-state index is 5.63. The summed E-state index contributed by atoms with van der Waals surface area (Å²) in [5, 5.41) is 12.8. The van der Waals surface area contributed by atoms with Crippen LogP contribution in [-0.2, 0) is 11.8 Å². The fourth-order valence-electron chi connectivity index (χ4n) is 2.56. The van der Waals surface area contributed by atoms with E-state index in [0.717, 1.165) is 17.4 Å². The van der Waals surface area contributed by atoms with Crippen molar-refractivity contribution in [2.24, 2.45) is 7.05 Å². The zero-order chi connectivity index (χ0) is 14.2.